The van der Waals surface area contributed by atoms with E-state index < -0.39 is 35.3 Å². The van der Waals surface area contributed by atoms with Crippen molar-refractivity contribution in [2.24, 2.45) is 0 Å². The van der Waals surface area contributed by atoms with Crippen LogP contribution in [0.1, 0.15) is 18.1 Å². The number of hydrogen-bond donors (Lipinski definition) is 1. The molecule has 36 heavy (non-hydrogen) atoms. The summed E-state index contributed by atoms with van der Waals surface area (Å²) in [7, 11) is 2.69. The van der Waals surface area contributed by atoms with Crippen molar-refractivity contribution in [2.75, 3.05) is 32.7 Å². The number of anilines is 1. The summed E-state index contributed by atoms with van der Waals surface area (Å²) in [5.74, 6) is -0.722. The Morgan fingerprint density at radius 1 is 1.14 bits per heavy atom. The van der Waals surface area contributed by atoms with Crippen LogP contribution in [-0.2, 0) is 15.8 Å². The van der Waals surface area contributed by atoms with Gasteiger partial charge in [-0.2, -0.15) is 13.2 Å². The van der Waals surface area contributed by atoms with Crippen LogP contribution in [0.15, 0.2) is 39.7 Å². The third-order valence-electron chi connectivity index (χ3n) is 4.81. The zero-order valence-corrected chi connectivity index (χ0v) is 21.6. The lowest BCUT2D eigenvalue weighted by Gasteiger charge is -2.16. The number of hydrogen-bond acceptors (Lipinski definition) is 7. The highest BCUT2D eigenvalue weighted by molar-refractivity contribution is 9.10. The Kier molecular flexibility index (Phi) is 8.56. The van der Waals surface area contributed by atoms with E-state index in [0.717, 1.165) is 12.1 Å². The lowest BCUT2D eigenvalue weighted by atomic mass is 10.1. The fourth-order valence-electron chi connectivity index (χ4n) is 3.21. The van der Waals surface area contributed by atoms with Crippen LogP contribution in [0, 0.1) is 0 Å². The lowest BCUT2D eigenvalue weighted by Crippen LogP contribution is -2.36. The molecule has 2 aromatic rings. The van der Waals surface area contributed by atoms with Crippen LogP contribution < -0.4 is 19.5 Å². The summed E-state index contributed by atoms with van der Waals surface area (Å²) >= 11 is 4.01. The Morgan fingerprint density at radius 2 is 1.83 bits per heavy atom. The van der Waals surface area contributed by atoms with Gasteiger partial charge in [-0.1, -0.05) is 0 Å². The molecule has 1 aliphatic rings. The van der Waals surface area contributed by atoms with Crippen LogP contribution in [0.2, 0.25) is 0 Å². The molecule has 2 aromatic carbocycles. The fraction of sp³-hybridized carbons (Fsp3) is 0.261. The molecule has 192 valence electrons. The second-order valence-corrected chi connectivity index (χ2v) is 9.04. The van der Waals surface area contributed by atoms with E-state index in [9.17, 15) is 27.6 Å². The van der Waals surface area contributed by atoms with Gasteiger partial charge < -0.3 is 19.5 Å². The number of thioether (sulfide) groups is 1. The molecule has 1 N–H and O–H groups in total. The Labute approximate surface area is 216 Å². The van der Waals surface area contributed by atoms with E-state index in [0.29, 0.717) is 50.9 Å². The fourth-order valence-corrected chi connectivity index (χ4v) is 4.62. The van der Waals surface area contributed by atoms with Crippen molar-refractivity contribution in [3.63, 3.8) is 0 Å². The molecule has 0 unspecified atom stereocenters. The van der Waals surface area contributed by atoms with E-state index in [2.05, 4.69) is 21.2 Å². The summed E-state index contributed by atoms with van der Waals surface area (Å²) in [4.78, 5) is 38.5. The molecular formula is C23H20BrF3N2O6S. The van der Waals surface area contributed by atoms with Crippen molar-refractivity contribution < 1.29 is 41.8 Å². The van der Waals surface area contributed by atoms with Gasteiger partial charge >= 0.3 is 6.18 Å². The van der Waals surface area contributed by atoms with Gasteiger partial charge in [-0.05, 0) is 76.6 Å². The predicted molar refractivity (Wildman–Crippen MR) is 131 cm³/mol. The van der Waals surface area contributed by atoms with Crippen molar-refractivity contribution in [1.82, 2.24) is 4.90 Å². The van der Waals surface area contributed by atoms with Crippen LogP contribution in [0.25, 0.3) is 6.08 Å². The van der Waals surface area contributed by atoms with Gasteiger partial charge in [0.05, 0.1) is 41.5 Å². The number of halogens is 4. The van der Waals surface area contributed by atoms with Gasteiger partial charge in [0.25, 0.3) is 11.1 Å². The SMILES string of the molecule is CCOc1c(Br)cc(/C=C2\SC(=O)N(CC(=O)Nc3cc(C(F)(F)F)ccc3OC)C2=O)cc1OC. The largest absolute Gasteiger partial charge is 0.495 e. The van der Waals surface area contributed by atoms with Crippen molar-refractivity contribution in [2.45, 2.75) is 13.1 Å². The van der Waals surface area contributed by atoms with Gasteiger partial charge in [-0.25, -0.2) is 0 Å². The van der Waals surface area contributed by atoms with E-state index in [4.69, 9.17) is 14.2 Å². The number of nitrogens with zero attached hydrogens (tertiary/aromatic N) is 1. The number of methoxy groups -OCH3 is 2. The van der Waals surface area contributed by atoms with E-state index in [1.807, 2.05) is 6.92 Å². The molecule has 1 fully saturated rings. The highest BCUT2D eigenvalue weighted by Crippen LogP contribution is 2.39. The summed E-state index contributed by atoms with van der Waals surface area (Å²) in [6.45, 7) is 1.52. The van der Waals surface area contributed by atoms with Crippen LogP contribution in [0.3, 0.4) is 0 Å². The first-order valence-corrected chi connectivity index (χ1v) is 11.9. The van der Waals surface area contributed by atoms with Gasteiger partial charge in [0, 0.05) is 0 Å². The molecule has 0 atom stereocenters. The Bertz CT molecular complexity index is 1240. The third-order valence-corrected chi connectivity index (χ3v) is 6.31. The zero-order chi connectivity index (χ0) is 26.6. The van der Waals surface area contributed by atoms with E-state index in [-0.39, 0.29) is 16.3 Å². The Balaban J connectivity index is 1.78. The number of carbonyl (C=O) groups is 3. The Hall–Kier alpha value is -3.19. The summed E-state index contributed by atoms with van der Waals surface area (Å²) in [5.41, 5.74) is -0.707. The molecule has 0 aromatic heterocycles. The maximum Gasteiger partial charge on any atom is 0.416 e. The maximum atomic E-state index is 13.0. The molecular weight excluding hydrogens is 569 g/mol. The number of ether oxygens (including phenoxy) is 3. The number of alkyl halides is 3. The van der Waals surface area contributed by atoms with Crippen LogP contribution >= 0.6 is 27.7 Å². The minimum Gasteiger partial charge on any atom is -0.495 e. The van der Waals surface area contributed by atoms with Crippen molar-refractivity contribution >= 4 is 56.5 Å². The third kappa shape index (κ3) is 6.13. The topological polar surface area (TPSA) is 94.2 Å². The van der Waals surface area contributed by atoms with Crippen molar-refractivity contribution in [3.05, 3.63) is 50.8 Å². The normalized spacial score (nSPS) is 14.9. The van der Waals surface area contributed by atoms with Crippen LogP contribution in [0.5, 0.6) is 17.2 Å². The molecule has 8 nitrogen and oxygen atoms in total. The van der Waals surface area contributed by atoms with Gasteiger partial charge in [0.15, 0.2) is 11.5 Å². The number of benzene rings is 2. The second kappa shape index (κ2) is 11.2. The predicted octanol–water partition coefficient (Wildman–Crippen LogP) is 5.56. The standard InChI is InChI=1S/C23H20BrF3N2O6S/c1-4-35-20-14(24)7-12(8-17(20)34-3)9-18-21(31)29(22(32)36-18)11-19(30)28-15-10-13(23(25,26)27)5-6-16(15)33-2/h5-10H,4,11H2,1-3H3,(H,28,30)/b18-9-. The smallest absolute Gasteiger partial charge is 0.416 e. The van der Waals surface area contributed by atoms with E-state index >= 15 is 0 Å². The van der Waals surface area contributed by atoms with E-state index in [1.54, 1.807) is 12.1 Å². The second-order valence-electron chi connectivity index (χ2n) is 7.20. The van der Waals surface area contributed by atoms with Crippen LogP contribution in [-0.4, -0.2) is 49.3 Å². The van der Waals surface area contributed by atoms with Gasteiger partial charge in [-0.3, -0.25) is 19.3 Å². The van der Waals surface area contributed by atoms with Crippen molar-refractivity contribution in [3.8, 4) is 17.2 Å². The van der Waals surface area contributed by atoms with E-state index in [1.165, 1.54) is 20.3 Å². The minimum absolute atomic E-state index is 0.0135. The summed E-state index contributed by atoms with van der Waals surface area (Å²) < 4.78 is 55.6. The first-order chi connectivity index (χ1) is 17.0. The number of rotatable bonds is 8. The quantitative estimate of drug-likeness (QED) is 0.403. The first-order valence-electron chi connectivity index (χ1n) is 10.3. The highest BCUT2D eigenvalue weighted by atomic mass is 79.9. The molecule has 1 aliphatic heterocycles. The number of carbonyl (C=O) groups excluding carboxylic acids is 3. The summed E-state index contributed by atoms with van der Waals surface area (Å²) in [6.07, 6.45) is -3.18. The molecule has 3 amide bonds. The molecule has 0 spiro atoms. The average Bonchev–Trinajstić information content (AvgIpc) is 3.07. The van der Waals surface area contributed by atoms with Gasteiger partial charge in [-0.15, -0.1) is 0 Å². The molecule has 0 saturated carbocycles. The van der Waals surface area contributed by atoms with Crippen molar-refractivity contribution in [1.29, 1.82) is 0 Å². The average molecular weight is 589 g/mol. The molecule has 0 bridgehead atoms. The zero-order valence-electron chi connectivity index (χ0n) is 19.2. The summed E-state index contributed by atoms with van der Waals surface area (Å²) in [5, 5.41) is 1.57. The molecule has 1 heterocycles. The van der Waals surface area contributed by atoms with Gasteiger partial charge in [0.1, 0.15) is 12.3 Å². The highest BCUT2D eigenvalue weighted by Gasteiger charge is 2.37. The molecule has 3 rings (SSSR count). The Morgan fingerprint density at radius 3 is 2.44 bits per heavy atom. The maximum absolute atomic E-state index is 13.0. The number of amides is 3. The molecule has 13 heteroatoms. The first kappa shape index (κ1) is 27.4. The molecule has 0 aliphatic carbocycles. The molecule has 1 saturated heterocycles. The monoisotopic (exact) mass is 588 g/mol. The number of imide groups is 1. The molecule has 0 radical (unpaired) electrons. The minimum atomic E-state index is -4.64. The summed E-state index contributed by atoms with van der Waals surface area (Å²) in [6, 6.07) is 5.88. The van der Waals surface area contributed by atoms with Gasteiger partial charge in [0.2, 0.25) is 5.91 Å². The number of nitrogens with one attached hydrogen (secondary N) is 1. The van der Waals surface area contributed by atoms with Crippen LogP contribution in [0.4, 0.5) is 23.7 Å². The lowest BCUT2D eigenvalue weighted by molar-refractivity contribution is -0.137.